The van der Waals surface area contributed by atoms with Crippen LogP contribution < -0.4 is 46.5 Å². The number of anilines is 2. The van der Waals surface area contributed by atoms with Crippen LogP contribution in [0.25, 0.3) is 66.8 Å². The van der Waals surface area contributed by atoms with Crippen molar-refractivity contribution >= 4 is 113 Å². The Balaban J connectivity index is 0.938. The smallest absolute Gasteiger partial charge is 0.240 e. The first-order valence-corrected chi connectivity index (χ1v) is 35.9. The monoisotopic (exact) mass is 1200 g/mol. The maximum atomic E-state index is 6.00. The number of hydrogen-bond acceptors (Lipinski definition) is 5. The van der Waals surface area contributed by atoms with Gasteiger partial charge in [0.25, 0.3) is 0 Å². The van der Waals surface area contributed by atoms with E-state index in [-0.39, 0.29) is 11.0 Å². The van der Waals surface area contributed by atoms with Gasteiger partial charge in [-0.15, -0.1) is 0 Å². The van der Waals surface area contributed by atoms with Gasteiger partial charge in [-0.2, -0.15) is 15.0 Å². The van der Waals surface area contributed by atoms with Crippen LogP contribution in [-0.4, -0.2) is 50.8 Å². The van der Waals surface area contributed by atoms with E-state index in [1.165, 1.54) is 48.3 Å². The van der Waals surface area contributed by atoms with Gasteiger partial charge in [0, 0.05) is 43.5 Å². The lowest BCUT2D eigenvalue weighted by molar-refractivity contribution is 0.193. The predicted molar refractivity (Wildman–Crippen MR) is 382 cm³/mol. The third-order valence-corrected chi connectivity index (χ3v) is 30.1. The Morgan fingerprint density at radius 2 is 0.835 bits per heavy atom. The molecule has 2 unspecified atom stereocenters. The van der Waals surface area contributed by atoms with E-state index < -0.39 is 16.1 Å². The molecule has 7 nitrogen and oxygen atoms in total. The second-order valence-corrected chi connectivity index (χ2v) is 32.7. The van der Waals surface area contributed by atoms with Crippen LogP contribution in [0.5, 0.6) is 0 Å². The van der Waals surface area contributed by atoms with E-state index in [1.807, 2.05) is 0 Å². The fourth-order valence-electron chi connectivity index (χ4n) is 16.4. The summed E-state index contributed by atoms with van der Waals surface area (Å²) in [6.07, 6.45) is 4.38. The van der Waals surface area contributed by atoms with E-state index in [4.69, 9.17) is 19.9 Å². The Labute approximate surface area is 532 Å². The number of para-hydroxylation sites is 3. The van der Waals surface area contributed by atoms with E-state index in [0.29, 0.717) is 17.7 Å². The summed E-state index contributed by atoms with van der Waals surface area (Å²) in [6.45, 7) is 4.94. The van der Waals surface area contributed by atoms with Crippen molar-refractivity contribution in [1.82, 2.24) is 29.1 Å². The van der Waals surface area contributed by atoms with Gasteiger partial charge in [-0.05, 0) is 98.0 Å². The number of aromatic nitrogens is 6. The van der Waals surface area contributed by atoms with Crippen molar-refractivity contribution in [2.75, 3.05) is 4.90 Å². The van der Waals surface area contributed by atoms with Gasteiger partial charge in [0.05, 0.1) is 27.6 Å². The minimum Gasteiger partial charge on any atom is -0.303 e. The summed E-state index contributed by atoms with van der Waals surface area (Å²) in [4.78, 5) is 25.9. The normalized spacial score (nSPS) is 16.6. The molecule has 0 spiro atoms. The summed E-state index contributed by atoms with van der Waals surface area (Å²) in [7, 11) is -6.00. The molecule has 4 aromatic heterocycles. The van der Waals surface area contributed by atoms with Crippen molar-refractivity contribution in [3.63, 3.8) is 0 Å². The van der Waals surface area contributed by atoms with Crippen LogP contribution in [0.4, 0.5) is 11.6 Å². The molecule has 11 aromatic carbocycles. The highest BCUT2D eigenvalue weighted by Gasteiger charge is 2.58. The van der Waals surface area contributed by atoms with Crippen molar-refractivity contribution in [3.8, 4) is 23.2 Å². The first kappa shape index (κ1) is 54.6. The fourth-order valence-corrected chi connectivity index (χ4v) is 25.8. The number of pyridine rings is 1. The maximum Gasteiger partial charge on any atom is 0.240 e. The minimum absolute atomic E-state index is 0.135. The van der Waals surface area contributed by atoms with Crippen molar-refractivity contribution in [1.29, 1.82) is 0 Å². The van der Waals surface area contributed by atoms with Crippen molar-refractivity contribution in [2.45, 2.75) is 50.5 Å². The summed E-state index contributed by atoms with van der Waals surface area (Å²) in [5, 5.41) is 14.5. The Hall–Kier alpha value is -10.6. The van der Waals surface area contributed by atoms with E-state index >= 15 is 0 Å². The highest BCUT2D eigenvalue weighted by molar-refractivity contribution is 7.20. The average molecular weight is 1200 g/mol. The van der Waals surface area contributed by atoms with Crippen LogP contribution in [0.15, 0.2) is 309 Å². The summed E-state index contributed by atoms with van der Waals surface area (Å²) >= 11 is 0. The molecule has 0 amide bonds. The predicted octanol–water partition coefficient (Wildman–Crippen LogP) is 13.6. The Morgan fingerprint density at radius 3 is 1.44 bits per heavy atom. The molecule has 0 N–H and O–H groups in total. The molecule has 15 aromatic rings. The largest absolute Gasteiger partial charge is 0.303 e. The van der Waals surface area contributed by atoms with Crippen LogP contribution in [0.2, 0.25) is 0 Å². The molecule has 436 valence electrons. The molecule has 5 heterocycles. The number of benzene rings is 11. The molecule has 1 aliphatic heterocycles. The summed E-state index contributed by atoms with van der Waals surface area (Å²) in [5.74, 6) is 2.68. The molecule has 17 rings (SSSR count). The first-order valence-electron chi connectivity index (χ1n) is 31.9. The quantitative estimate of drug-likeness (QED) is 0.0901. The van der Waals surface area contributed by atoms with Gasteiger partial charge in [0.1, 0.15) is 5.82 Å². The third-order valence-electron chi connectivity index (χ3n) is 20.6. The Bertz CT molecular complexity index is 5040. The van der Waals surface area contributed by atoms with Crippen LogP contribution in [0.1, 0.15) is 45.1 Å². The van der Waals surface area contributed by atoms with E-state index in [0.717, 1.165) is 85.3 Å². The molecule has 1 aliphatic carbocycles. The van der Waals surface area contributed by atoms with E-state index in [9.17, 15) is 0 Å². The number of nitrogens with zero attached hydrogens (tertiary/aromatic N) is 7. The topological polar surface area (TPSA) is 64.7 Å². The van der Waals surface area contributed by atoms with Crippen LogP contribution in [-0.2, 0) is 5.41 Å². The van der Waals surface area contributed by atoms with Crippen LogP contribution >= 0.6 is 0 Å². The lowest BCUT2D eigenvalue weighted by Gasteiger charge is -2.49. The van der Waals surface area contributed by atoms with Crippen LogP contribution in [0.3, 0.4) is 0 Å². The number of fused-ring (bicyclic) bond motifs is 10. The van der Waals surface area contributed by atoms with Gasteiger partial charge < -0.3 is 4.90 Å². The molecule has 0 saturated heterocycles. The van der Waals surface area contributed by atoms with Crippen molar-refractivity contribution in [3.05, 3.63) is 315 Å². The molecule has 1 fully saturated rings. The van der Waals surface area contributed by atoms with Crippen LogP contribution in [0, 0.1) is 0 Å². The standard InChI is InChI=1S/C82H65N7Si2/c1-81-55-27-28-56-82(81,2)89(72-50-26-23-47-69(72)81)80-85-78(58-31-29-44-65(57-58)90(59-32-9-3-10-33-59,60-34-11-4-12-35-60)61-36-13-5-14-37-61)84-79(86-80)87-71-49-25-22-46-68(71)76-73(87)54-53-67-66-45-21-24-48-70(66)88(77(67)76)74-51-30-52-75(83-74)91(62-38-15-6-16-39-62,63-40-17-7-18-41-63)64-42-19-8-20-43-64/h3-26,29-54,57H,27-28,55-56H2,1-2H3. The minimum atomic E-state index is -3.03. The van der Waals surface area contributed by atoms with Crippen molar-refractivity contribution < 1.29 is 0 Å². The molecular weight excluding hydrogens is 1140 g/mol. The SMILES string of the molecule is CC12CCCCC1(C)N(c1nc(-c3cccc([Si](c4ccccc4)(c4ccccc4)c4ccccc4)c3)nc(-n3c4ccccc4c4c3ccc3c5ccccc5n(-c5cccc([Si](c6ccccc6)(c6ccccc6)c6ccccc6)n5)c34)n1)c1ccccc12. The van der Waals surface area contributed by atoms with E-state index in [2.05, 4.69) is 337 Å². The summed E-state index contributed by atoms with van der Waals surface area (Å²) in [6, 6.07) is 114. The lowest BCUT2D eigenvalue weighted by atomic mass is 9.61. The Morgan fingerprint density at radius 1 is 0.352 bits per heavy atom. The fraction of sp³-hybridized carbons (Fsp3) is 0.0976. The molecule has 91 heavy (non-hydrogen) atoms. The molecule has 2 aliphatic rings. The van der Waals surface area contributed by atoms with Gasteiger partial charge in [-0.3, -0.25) is 9.13 Å². The molecule has 0 radical (unpaired) electrons. The third kappa shape index (κ3) is 8.17. The van der Waals surface area contributed by atoms with Gasteiger partial charge in [0.15, 0.2) is 13.9 Å². The van der Waals surface area contributed by atoms with E-state index in [1.54, 1.807) is 0 Å². The average Bonchev–Trinajstić information content (AvgIpc) is 1.62. The summed E-state index contributed by atoms with van der Waals surface area (Å²) in [5.41, 5.74) is 7.15. The zero-order valence-electron chi connectivity index (χ0n) is 50.9. The van der Waals surface area contributed by atoms with Gasteiger partial charge >= 0.3 is 0 Å². The van der Waals surface area contributed by atoms with Gasteiger partial charge in [0.2, 0.25) is 20.0 Å². The highest BCUT2D eigenvalue weighted by atomic mass is 28.3. The molecule has 9 heteroatoms. The van der Waals surface area contributed by atoms with Crippen molar-refractivity contribution in [2.24, 2.45) is 0 Å². The Kier molecular flexibility index (Phi) is 12.9. The highest BCUT2D eigenvalue weighted by Crippen LogP contribution is 2.60. The van der Waals surface area contributed by atoms with Gasteiger partial charge in [-0.1, -0.05) is 293 Å². The molecular formula is C82H65N7Si2. The lowest BCUT2D eigenvalue weighted by Crippen LogP contribution is -2.75. The zero-order chi connectivity index (χ0) is 60.7. The molecule has 1 saturated carbocycles. The second kappa shape index (κ2) is 21.6. The molecule has 0 bridgehead atoms. The second-order valence-electron chi connectivity index (χ2n) is 25.1. The number of rotatable bonds is 12. The zero-order valence-corrected chi connectivity index (χ0v) is 52.9. The number of hydrogen-bond donors (Lipinski definition) is 0. The summed E-state index contributed by atoms with van der Waals surface area (Å²) < 4.78 is 4.74. The maximum absolute atomic E-state index is 6.00. The van der Waals surface area contributed by atoms with Gasteiger partial charge in [-0.25, -0.2) is 4.98 Å². The molecule has 2 atom stereocenters. The first-order chi connectivity index (χ1) is 44.9.